The molecule has 0 spiro atoms. The van der Waals surface area contributed by atoms with Crippen molar-refractivity contribution in [1.29, 1.82) is 0 Å². The minimum Gasteiger partial charge on any atom is -1.00 e. The molecule has 2 aliphatic carbocycles. The Morgan fingerprint density at radius 2 is 1.18 bits per heavy atom. The van der Waals surface area contributed by atoms with E-state index in [0.29, 0.717) is 9.54 Å². The fourth-order valence-electron chi connectivity index (χ4n) is 6.19. The van der Waals surface area contributed by atoms with Gasteiger partial charge in [-0.1, -0.05) is 0 Å². The second kappa shape index (κ2) is 11.8. The fraction of sp³-hybridized carbons (Fsp3) is 0.361. The van der Waals surface area contributed by atoms with Crippen LogP contribution >= 0.6 is 0 Å². The van der Waals surface area contributed by atoms with Crippen molar-refractivity contribution in [2.24, 2.45) is 5.92 Å². The smallest absolute Gasteiger partial charge is 1.00 e. The van der Waals surface area contributed by atoms with E-state index in [-0.39, 0.29) is 35.6 Å². The first-order valence-corrected chi connectivity index (χ1v) is 17.9. The summed E-state index contributed by atoms with van der Waals surface area (Å²) in [6.45, 7) is 21.2. The molecule has 0 bridgehead atoms. The standard InChI is InChI=1S/C21H25.C8H11.C7H6.2ClH.Zr/c1-20(2,3)16-7-9-18-14(12-16)11-15-13-17(21(4,5)6)8-10-19(15)18;1-6-4-7(2)8(3)5-6;1-7-5-3-2-4-6-7;;;/h7-13H,1-6H3;4,6H,1-3H3;1-6H;2*1H;/q;;;;;+2/p-2. The summed E-state index contributed by atoms with van der Waals surface area (Å²) >= 11 is -2.44. The number of hydrogen-bond acceptors (Lipinski definition) is 0. The summed E-state index contributed by atoms with van der Waals surface area (Å²) in [7, 11) is 0. The molecule has 5 rings (SSSR count). The van der Waals surface area contributed by atoms with Gasteiger partial charge in [0.25, 0.3) is 0 Å². The van der Waals surface area contributed by atoms with Gasteiger partial charge in [-0.2, -0.15) is 0 Å². The zero-order chi connectivity index (χ0) is 26.7. The van der Waals surface area contributed by atoms with Crippen molar-refractivity contribution in [1.82, 2.24) is 0 Å². The first kappa shape index (κ1) is 32.0. The molecule has 0 saturated carbocycles. The van der Waals surface area contributed by atoms with Crippen molar-refractivity contribution >= 4 is 3.71 Å². The third-order valence-electron chi connectivity index (χ3n) is 8.44. The summed E-state index contributed by atoms with van der Waals surface area (Å²) in [5.41, 5.74) is 13.7. The van der Waals surface area contributed by atoms with Crippen molar-refractivity contribution in [2.45, 2.75) is 76.8 Å². The summed E-state index contributed by atoms with van der Waals surface area (Å²) in [6.07, 6.45) is 2.51. The van der Waals surface area contributed by atoms with Crippen molar-refractivity contribution in [3.63, 3.8) is 0 Å². The number of halogens is 2. The molecule has 39 heavy (non-hydrogen) atoms. The molecule has 0 fully saturated rings. The summed E-state index contributed by atoms with van der Waals surface area (Å²) in [5, 5.41) is 0. The molecule has 204 valence electrons. The number of allylic oxidation sites excluding steroid dienone is 4. The Labute approximate surface area is 257 Å². The van der Waals surface area contributed by atoms with Gasteiger partial charge >= 0.3 is 234 Å². The molecule has 1 atom stereocenters. The van der Waals surface area contributed by atoms with E-state index in [1.165, 1.54) is 33.4 Å². The van der Waals surface area contributed by atoms with Crippen LogP contribution in [0.15, 0.2) is 87.2 Å². The van der Waals surface area contributed by atoms with Crippen molar-refractivity contribution in [3.05, 3.63) is 115 Å². The first-order chi connectivity index (χ1) is 17.4. The average Bonchev–Trinajstić information content (AvgIpc) is 3.29. The summed E-state index contributed by atoms with van der Waals surface area (Å²) in [5.74, 6) is 0.526. The molecule has 0 heterocycles. The Morgan fingerprint density at radius 1 is 0.692 bits per heavy atom. The Hall–Kier alpha value is -1.53. The number of hydrogen-bond donors (Lipinski definition) is 0. The van der Waals surface area contributed by atoms with E-state index in [1.54, 1.807) is 20.0 Å². The number of fused-ring (bicyclic) bond motifs is 3. The van der Waals surface area contributed by atoms with Gasteiger partial charge in [0.05, 0.1) is 0 Å². The second-order valence-electron chi connectivity index (χ2n) is 13.2. The molecule has 0 N–H and O–H groups in total. The normalized spacial score (nSPS) is 16.8. The van der Waals surface area contributed by atoms with Crippen LogP contribution in [0.2, 0.25) is 0 Å². The zero-order valence-corrected chi connectivity index (χ0v) is 28.9. The Balaban J connectivity index is 0.00000210. The van der Waals surface area contributed by atoms with E-state index in [0.717, 1.165) is 0 Å². The molecule has 0 radical (unpaired) electrons. The largest absolute Gasteiger partial charge is 1.00 e. The predicted octanol–water partition coefficient (Wildman–Crippen LogP) is 3.70. The van der Waals surface area contributed by atoms with Gasteiger partial charge in [-0.15, -0.1) is 0 Å². The minimum atomic E-state index is -2.44. The summed E-state index contributed by atoms with van der Waals surface area (Å²) in [6, 6.07) is 25.9. The Kier molecular flexibility index (Phi) is 9.65. The fourth-order valence-corrected chi connectivity index (χ4v) is 15.0. The maximum atomic E-state index is 2.75. The van der Waals surface area contributed by atoms with Crippen LogP contribution in [0, 0.1) is 5.92 Å². The first-order valence-electron chi connectivity index (χ1n) is 13.8. The van der Waals surface area contributed by atoms with Crippen LogP contribution in [0.5, 0.6) is 0 Å². The van der Waals surface area contributed by atoms with E-state index in [2.05, 4.69) is 139 Å². The molecule has 0 saturated heterocycles. The predicted molar refractivity (Wildman–Crippen MR) is 158 cm³/mol. The van der Waals surface area contributed by atoms with Crippen LogP contribution in [0.4, 0.5) is 0 Å². The van der Waals surface area contributed by atoms with Crippen LogP contribution in [0.1, 0.15) is 93.8 Å². The quantitative estimate of drug-likeness (QED) is 0.412. The van der Waals surface area contributed by atoms with Crippen LogP contribution in [-0.4, -0.2) is 3.71 Å². The van der Waals surface area contributed by atoms with Gasteiger partial charge < -0.3 is 24.8 Å². The van der Waals surface area contributed by atoms with Crippen molar-refractivity contribution in [3.8, 4) is 11.1 Å². The molecular formula is C36H42Cl2Zr. The molecule has 3 heteroatoms. The van der Waals surface area contributed by atoms with E-state index in [1.807, 2.05) is 0 Å². The Bertz CT molecular complexity index is 1400. The molecule has 3 aromatic rings. The molecule has 3 aromatic carbocycles. The maximum Gasteiger partial charge on any atom is -1.00 e. The molecule has 0 aliphatic heterocycles. The number of rotatable bonds is 3. The molecule has 2 aliphatic rings. The third-order valence-corrected chi connectivity index (χ3v) is 16.7. The van der Waals surface area contributed by atoms with E-state index in [9.17, 15) is 0 Å². The van der Waals surface area contributed by atoms with Gasteiger partial charge in [-0.25, -0.2) is 0 Å². The zero-order valence-electron chi connectivity index (χ0n) is 24.9. The minimum absolute atomic E-state index is 0. The SMILES string of the molecule is CC1=CC(C)[C](/[Zr+2](=[CH]\c2ccccc2)[CH]2c3cc(C(C)(C)C)ccc3-c3ccc(C(C)(C)C)cc32)=C1C.[Cl-].[Cl-]. The van der Waals surface area contributed by atoms with E-state index >= 15 is 0 Å². The monoisotopic (exact) mass is 634 g/mol. The number of benzene rings is 3. The van der Waals surface area contributed by atoms with E-state index < -0.39 is 21.3 Å². The van der Waals surface area contributed by atoms with Gasteiger partial charge in [0.2, 0.25) is 0 Å². The van der Waals surface area contributed by atoms with Crippen LogP contribution in [0.3, 0.4) is 0 Å². The van der Waals surface area contributed by atoms with Crippen LogP contribution < -0.4 is 24.8 Å². The summed E-state index contributed by atoms with van der Waals surface area (Å²) < 4.78 is 5.01. The molecule has 1 unspecified atom stereocenters. The molecule has 0 nitrogen and oxygen atoms in total. The van der Waals surface area contributed by atoms with Crippen LogP contribution in [0.25, 0.3) is 11.1 Å². The van der Waals surface area contributed by atoms with Gasteiger partial charge in [0.15, 0.2) is 0 Å². The molecular weight excluding hydrogens is 595 g/mol. The second-order valence-corrected chi connectivity index (χ2v) is 18.9. The summed E-state index contributed by atoms with van der Waals surface area (Å²) in [4.78, 5) is 0. The molecule has 0 aromatic heterocycles. The maximum absolute atomic E-state index is 2.75. The van der Waals surface area contributed by atoms with Gasteiger partial charge in [-0.3, -0.25) is 0 Å². The Morgan fingerprint density at radius 3 is 1.59 bits per heavy atom. The molecule has 0 amide bonds. The van der Waals surface area contributed by atoms with Crippen molar-refractivity contribution < 1.29 is 46.1 Å². The van der Waals surface area contributed by atoms with Gasteiger partial charge in [0, 0.05) is 0 Å². The third kappa shape index (κ3) is 6.07. The topological polar surface area (TPSA) is 0 Å². The van der Waals surface area contributed by atoms with Gasteiger partial charge in [-0.05, 0) is 0 Å². The average molecular weight is 637 g/mol. The van der Waals surface area contributed by atoms with Crippen LogP contribution in [-0.2, 0) is 32.1 Å². The van der Waals surface area contributed by atoms with Gasteiger partial charge in [0.1, 0.15) is 0 Å². The van der Waals surface area contributed by atoms with Crippen molar-refractivity contribution in [2.75, 3.05) is 0 Å². The van der Waals surface area contributed by atoms with E-state index in [4.69, 9.17) is 0 Å².